The normalized spacial score (nSPS) is 11.2. The van der Waals surface area contributed by atoms with Crippen molar-refractivity contribution in [2.45, 2.75) is 24.8 Å². The third-order valence-corrected chi connectivity index (χ3v) is 7.47. The number of anilines is 1. The first-order valence-electron chi connectivity index (χ1n) is 11.3. The Balaban J connectivity index is 1.91. The molecule has 1 aromatic heterocycles. The number of carbonyl (C=O) groups excluding carboxylic acids is 1. The highest BCUT2D eigenvalue weighted by Gasteiger charge is 2.30. The van der Waals surface area contributed by atoms with Crippen LogP contribution >= 0.6 is 0 Å². The minimum Gasteiger partial charge on any atom is -0.466 e. The van der Waals surface area contributed by atoms with Crippen molar-refractivity contribution in [1.29, 1.82) is 5.26 Å². The number of esters is 1. The number of rotatable bonds is 9. The van der Waals surface area contributed by atoms with Crippen molar-refractivity contribution in [2.75, 3.05) is 17.5 Å². The summed E-state index contributed by atoms with van der Waals surface area (Å²) in [7, 11) is -4.17. The Labute approximate surface area is 209 Å². The van der Waals surface area contributed by atoms with E-state index in [1.807, 2.05) is 0 Å². The van der Waals surface area contributed by atoms with Crippen molar-refractivity contribution in [3.63, 3.8) is 0 Å². The Morgan fingerprint density at radius 2 is 1.83 bits per heavy atom. The SMILES string of the molecule is CCOC(=O)CCN(c1ccccc1)S(=O)(=O)c1ccc2[nH]c(CN)nc2c1-c1ccc(C#N)cc1. The van der Waals surface area contributed by atoms with E-state index in [9.17, 15) is 18.5 Å². The van der Waals surface area contributed by atoms with Crippen molar-refractivity contribution < 1.29 is 17.9 Å². The molecule has 0 aliphatic heterocycles. The molecule has 0 radical (unpaired) electrons. The van der Waals surface area contributed by atoms with Crippen LogP contribution in [0, 0.1) is 11.3 Å². The Hall–Kier alpha value is -4.20. The van der Waals surface area contributed by atoms with Gasteiger partial charge in [-0.25, -0.2) is 13.4 Å². The number of nitrogens with zero attached hydrogens (tertiary/aromatic N) is 3. The number of aromatic nitrogens is 2. The van der Waals surface area contributed by atoms with E-state index in [-0.39, 0.29) is 31.0 Å². The number of carbonyl (C=O) groups is 1. The summed E-state index contributed by atoms with van der Waals surface area (Å²) in [4.78, 5) is 19.8. The second-order valence-electron chi connectivity index (χ2n) is 7.88. The Morgan fingerprint density at radius 1 is 1.11 bits per heavy atom. The fraction of sp³-hybridized carbons (Fsp3) is 0.192. The summed E-state index contributed by atoms with van der Waals surface area (Å²) in [6, 6.07) is 20.4. The number of para-hydroxylation sites is 1. The number of ether oxygens (including phenoxy) is 1. The molecule has 0 spiro atoms. The Bertz CT molecular complexity index is 1520. The van der Waals surface area contributed by atoms with E-state index in [2.05, 4.69) is 16.0 Å². The summed E-state index contributed by atoms with van der Waals surface area (Å²) >= 11 is 0. The van der Waals surface area contributed by atoms with E-state index in [0.29, 0.717) is 39.2 Å². The summed E-state index contributed by atoms with van der Waals surface area (Å²) in [5, 5.41) is 9.21. The number of nitriles is 1. The molecule has 0 fully saturated rings. The number of benzene rings is 3. The predicted molar refractivity (Wildman–Crippen MR) is 136 cm³/mol. The standard InChI is InChI=1S/C26H25N5O4S/c1-2-35-24(32)14-15-31(20-6-4-3-5-7-20)36(33,34)22-13-12-21-26(30-23(17-28)29-21)25(22)19-10-8-18(16-27)9-11-19/h3-13H,2,14-15,17,28H2,1H3,(H,29,30). The molecule has 184 valence electrons. The van der Waals surface area contributed by atoms with Gasteiger partial charge in [0, 0.05) is 12.1 Å². The molecule has 0 amide bonds. The zero-order valence-corrected chi connectivity index (χ0v) is 20.5. The highest BCUT2D eigenvalue weighted by molar-refractivity contribution is 7.93. The largest absolute Gasteiger partial charge is 0.466 e. The number of nitrogens with one attached hydrogen (secondary N) is 1. The number of sulfonamides is 1. The van der Waals surface area contributed by atoms with E-state index >= 15 is 0 Å². The van der Waals surface area contributed by atoms with Gasteiger partial charge >= 0.3 is 5.97 Å². The number of imidazole rings is 1. The van der Waals surface area contributed by atoms with Crippen molar-refractivity contribution in [2.24, 2.45) is 5.73 Å². The van der Waals surface area contributed by atoms with E-state index in [4.69, 9.17) is 10.5 Å². The second-order valence-corrected chi connectivity index (χ2v) is 9.71. The summed E-state index contributed by atoms with van der Waals surface area (Å²) in [5.74, 6) is 0.0213. The topological polar surface area (TPSA) is 142 Å². The van der Waals surface area contributed by atoms with Crippen molar-refractivity contribution >= 4 is 32.7 Å². The van der Waals surface area contributed by atoms with Gasteiger partial charge < -0.3 is 15.5 Å². The lowest BCUT2D eigenvalue weighted by molar-refractivity contribution is -0.142. The number of H-pyrrole nitrogens is 1. The maximum atomic E-state index is 14.2. The fourth-order valence-electron chi connectivity index (χ4n) is 3.94. The molecule has 3 aromatic carbocycles. The van der Waals surface area contributed by atoms with Crippen LogP contribution in [0.5, 0.6) is 0 Å². The zero-order chi connectivity index (χ0) is 25.7. The maximum absolute atomic E-state index is 14.2. The van der Waals surface area contributed by atoms with Crippen LogP contribution in [0.1, 0.15) is 24.7 Å². The average molecular weight is 504 g/mol. The summed E-state index contributed by atoms with van der Waals surface area (Å²) in [6.45, 7) is 1.95. The van der Waals surface area contributed by atoms with Crippen molar-refractivity contribution in [3.05, 3.63) is 78.1 Å². The smallest absolute Gasteiger partial charge is 0.307 e. The number of nitrogens with two attached hydrogens (primary N) is 1. The summed E-state index contributed by atoms with van der Waals surface area (Å²) in [6.07, 6.45) is -0.115. The van der Waals surface area contributed by atoms with Gasteiger partial charge in [-0.15, -0.1) is 0 Å². The van der Waals surface area contributed by atoms with Crippen LogP contribution in [0.25, 0.3) is 22.2 Å². The lowest BCUT2D eigenvalue weighted by Gasteiger charge is -2.25. The number of hydrogen-bond donors (Lipinski definition) is 2. The van der Waals surface area contributed by atoms with Crippen molar-refractivity contribution in [1.82, 2.24) is 9.97 Å². The number of aromatic amines is 1. The van der Waals surface area contributed by atoms with E-state index in [1.54, 1.807) is 67.6 Å². The molecule has 3 N–H and O–H groups in total. The highest BCUT2D eigenvalue weighted by atomic mass is 32.2. The lowest BCUT2D eigenvalue weighted by Crippen LogP contribution is -2.33. The monoisotopic (exact) mass is 503 g/mol. The third kappa shape index (κ3) is 4.93. The number of hydrogen-bond acceptors (Lipinski definition) is 7. The van der Waals surface area contributed by atoms with Gasteiger partial charge in [0.2, 0.25) is 0 Å². The van der Waals surface area contributed by atoms with Crippen LogP contribution in [0.3, 0.4) is 0 Å². The molecule has 36 heavy (non-hydrogen) atoms. The number of fused-ring (bicyclic) bond motifs is 1. The first kappa shape index (κ1) is 24.9. The molecule has 0 saturated heterocycles. The van der Waals surface area contributed by atoms with Gasteiger partial charge in [0.15, 0.2) is 0 Å². The minimum atomic E-state index is -4.17. The van der Waals surface area contributed by atoms with E-state index in [1.165, 1.54) is 10.4 Å². The van der Waals surface area contributed by atoms with E-state index in [0.717, 1.165) is 0 Å². The van der Waals surface area contributed by atoms with E-state index < -0.39 is 16.0 Å². The van der Waals surface area contributed by atoms with Gasteiger partial charge in [-0.3, -0.25) is 9.10 Å². The van der Waals surface area contributed by atoms with Crippen LogP contribution in [0.15, 0.2) is 71.6 Å². The summed E-state index contributed by atoms with van der Waals surface area (Å²) in [5.41, 5.74) is 8.67. The molecule has 0 atom stereocenters. The van der Waals surface area contributed by atoms with Gasteiger partial charge in [-0.2, -0.15) is 5.26 Å². The molecule has 10 heteroatoms. The highest BCUT2D eigenvalue weighted by Crippen LogP contribution is 2.37. The van der Waals surface area contributed by atoms with Gasteiger partial charge in [0.25, 0.3) is 10.0 Å². The molecule has 4 rings (SSSR count). The minimum absolute atomic E-state index is 0.0162. The summed E-state index contributed by atoms with van der Waals surface area (Å²) < 4.78 is 34.6. The second kappa shape index (κ2) is 10.6. The van der Waals surface area contributed by atoms with Crippen LogP contribution in [-0.2, 0) is 26.1 Å². The molecule has 4 aromatic rings. The molecule has 0 bridgehead atoms. The Morgan fingerprint density at radius 3 is 2.47 bits per heavy atom. The van der Waals surface area contributed by atoms with Gasteiger partial charge in [0.1, 0.15) is 5.82 Å². The molecule has 1 heterocycles. The molecule has 0 aliphatic carbocycles. The fourth-order valence-corrected chi connectivity index (χ4v) is 5.62. The predicted octanol–water partition coefficient (Wildman–Crippen LogP) is 3.71. The van der Waals surface area contributed by atoms with Gasteiger partial charge in [-0.05, 0) is 48.9 Å². The zero-order valence-electron chi connectivity index (χ0n) is 19.6. The Kier molecular flexibility index (Phi) is 7.33. The molecular weight excluding hydrogens is 478 g/mol. The quantitative estimate of drug-likeness (QED) is 0.332. The lowest BCUT2D eigenvalue weighted by atomic mass is 10.0. The molecular formula is C26H25N5O4S. The van der Waals surface area contributed by atoms with Crippen LogP contribution in [0.4, 0.5) is 5.69 Å². The average Bonchev–Trinajstić information content (AvgIpc) is 3.32. The van der Waals surface area contributed by atoms with Crippen LogP contribution in [0.2, 0.25) is 0 Å². The van der Waals surface area contributed by atoms with Gasteiger partial charge in [0.05, 0.1) is 52.8 Å². The molecule has 0 saturated carbocycles. The molecule has 0 aliphatic rings. The van der Waals surface area contributed by atoms with Gasteiger partial charge in [-0.1, -0.05) is 30.3 Å². The van der Waals surface area contributed by atoms with Crippen LogP contribution in [-0.4, -0.2) is 37.5 Å². The molecule has 0 unspecified atom stereocenters. The first-order valence-corrected chi connectivity index (χ1v) is 12.8. The molecule has 9 nitrogen and oxygen atoms in total. The van der Waals surface area contributed by atoms with Crippen molar-refractivity contribution in [3.8, 4) is 17.2 Å². The maximum Gasteiger partial charge on any atom is 0.307 e. The third-order valence-electron chi connectivity index (χ3n) is 5.60. The first-order chi connectivity index (χ1) is 17.4. The van der Waals surface area contributed by atoms with Crippen LogP contribution < -0.4 is 10.0 Å².